The standard InChI is InChI=1S/C22H38N4O3/c1-6-18(4)26-21(27)11-12-24-22(23-7-2)25-16-19-10-9-17(3)15-20(19)29-14-8-13-28-5/h9-10,15,18H,6-8,11-14,16H2,1-5H3,(H,26,27)(H2,23,24,25). The summed E-state index contributed by atoms with van der Waals surface area (Å²) >= 11 is 0. The van der Waals surface area contributed by atoms with Crippen molar-refractivity contribution in [2.45, 2.75) is 59.5 Å². The van der Waals surface area contributed by atoms with Crippen molar-refractivity contribution >= 4 is 11.9 Å². The Hall–Kier alpha value is -2.28. The van der Waals surface area contributed by atoms with Crippen molar-refractivity contribution in [1.29, 1.82) is 0 Å². The zero-order chi connectivity index (χ0) is 21.5. The number of carbonyl (C=O) groups is 1. The van der Waals surface area contributed by atoms with E-state index in [0.717, 1.165) is 36.3 Å². The van der Waals surface area contributed by atoms with Gasteiger partial charge >= 0.3 is 0 Å². The molecule has 1 rings (SSSR count). The maximum absolute atomic E-state index is 11.9. The van der Waals surface area contributed by atoms with Gasteiger partial charge in [-0.3, -0.25) is 4.79 Å². The summed E-state index contributed by atoms with van der Waals surface area (Å²) in [4.78, 5) is 16.6. The molecule has 0 aromatic heterocycles. The van der Waals surface area contributed by atoms with Crippen LogP contribution in [0.25, 0.3) is 0 Å². The van der Waals surface area contributed by atoms with Gasteiger partial charge in [-0.15, -0.1) is 0 Å². The second-order valence-corrected chi connectivity index (χ2v) is 7.05. The molecular weight excluding hydrogens is 368 g/mol. The fourth-order valence-electron chi connectivity index (χ4n) is 2.56. The lowest BCUT2D eigenvalue weighted by Crippen LogP contribution is -2.40. The van der Waals surface area contributed by atoms with Gasteiger partial charge in [0.05, 0.1) is 13.2 Å². The summed E-state index contributed by atoms with van der Waals surface area (Å²) in [6.07, 6.45) is 2.18. The number of carbonyl (C=O) groups excluding carboxylic acids is 1. The van der Waals surface area contributed by atoms with E-state index in [2.05, 4.69) is 33.9 Å². The van der Waals surface area contributed by atoms with Crippen LogP contribution in [0.5, 0.6) is 5.75 Å². The van der Waals surface area contributed by atoms with Gasteiger partial charge in [-0.1, -0.05) is 19.1 Å². The average Bonchev–Trinajstić information content (AvgIpc) is 2.70. The van der Waals surface area contributed by atoms with E-state index in [0.29, 0.717) is 38.7 Å². The Kier molecular flexibility index (Phi) is 12.5. The highest BCUT2D eigenvalue weighted by Crippen LogP contribution is 2.21. The number of aryl methyl sites for hydroxylation is 1. The van der Waals surface area contributed by atoms with Crippen LogP contribution in [0.4, 0.5) is 0 Å². The first-order valence-corrected chi connectivity index (χ1v) is 10.5. The molecule has 29 heavy (non-hydrogen) atoms. The van der Waals surface area contributed by atoms with Crippen molar-refractivity contribution in [3.8, 4) is 5.75 Å². The lowest BCUT2D eigenvalue weighted by atomic mass is 10.1. The zero-order valence-corrected chi connectivity index (χ0v) is 18.6. The van der Waals surface area contributed by atoms with Crippen molar-refractivity contribution in [3.05, 3.63) is 29.3 Å². The van der Waals surface area contributed by atoms with Crippen LogP contribution >= 0.6 is 0 Å². The minimum atomic E-state index is 0.0491. The molecule has 7 heteroatoms. The molecule has 0 saturated heterocycles. The molecule has 0 aliphatic heterocycles. The highest BCUT2D eigenvalue weighted by Gasteiger charge is 2.07. The van der Waals surface area contributed by atoms with E-state index in [4.69, 9.17) is 9.47 Å². The second kappa shape index (κ2) is 14.7. The van der Waals surface area contributed by atoms with Crippen molar-refractivity contribution in [2.75, 3.05) is 33.4 Å². The third kappa shape index (κ3) is 10.7. The zero-order valence-electron chi connectivity index (χ0n) is 18.6. The molecule has 3 N–H and O–H groups in total. The van der Waals surface area contributed by atoms with Gasteiger partial charge in [0.2, 0.25) is 5.91 Å². The predicted octanol–water partition coefficient (Wildman–Crippen LogP) is 2.77. The minimum Gasteiger partial charge on any atom is -0.493 e. The lowest BCUT2D eigenvalue weighted by Gasteiger charge is -2.14. The highest BCUT2D eigenvalue weighted by molar-refractivity contribution is 5.81. The Morgan fingerprint density at radius 1 is 1.21 bits per heavy atom. The molecule has 164 valence electrons. The molecule has 1 aromatic carbocycles. The minimum absolute atomic E-state index is 0.0491. The maximum atomic E-state index is 11.9. The molecule has 0 bridgehead atoms. The van der Waals surface area contributed by atoms with Crippen molar-refractivity contribution in [1.82, 2.24) is 16.0 Å². The Labute approximate surface area is 175 Å². The Morgan fingerprint density at radius 3 is 2.69 bits per heavy atom. The first-order valence-electron chi connectivity index (χ1n) is 10.5. The summed E-state index contributed by atoms with van der Waals surface area (Å²) in [5, 5.41) is 9.41. The van der Waals surface area contributed by atoms with Gasteiger partial charge in [0.1, 0.15) is 5.75 Å². The fourth-order valence-corrected chi connectivity index (χ4v) is 2.56. The summed E-state index contributed by atoms with van der Waals surface area (Å²) in [6.45, 7) is 11.2. The van der Waals surface area contributed by atoms with Crippen LogP contribution in [-0.4, -0.2) is 51.3 Å². The molecule has 0 heterocycles. The summed E-state index contributed by atoms with van der Waals surface area (Å²) in [6, 6.07) is 6.35. The quantitative estimate of drug-likeness (QED) is 0.266. The fraction of sp³-hybridized carbons (Fsp3) is 0.636. The summed E-state index contributed by atoms with van der Waals surface area (Å²) in [5.41, 5.74) is 2.18. The molecule has 0 fully saturated rings. The van der Waals surface area contributed by atoms with E-state index < -0.39 is 0 Å². The summed E-state index contributed by atoms with van der Waals surface area (Å²) in [7, 11) is 1.69. The van der Waals surface area contributed by atoms with Crippen LogP contribution in [-0.2, 0) is 16.1 Å². The number of guanidine groups is 1. The monoisotopic (exact) mass is 406 g/mol. The number of ether oxygens (including phenoxy) is 2. The number of methoxy groups -OCH3 is 1. The second-order valence-electron chi connectivity index (χ2n) is 7.05. The average molecular weight is 407 g/mol. The number of aliphatic imine (C=N–C) groups is 1. The third-order valence-electron chi connectivity index (χ3n) is 4.39. The van der Waals surface area contributed by atoms with Crippen molar-refractivity contribution in [2.24, 2.45) is 4.99 Å². The van der Waals surface area contributed by atoms with Gasteiger partial charge in [-0.25, -0.2) is 4.99 Å². The van der Waals surface area contributed by atoms with Crippen molar-refractivity contribution < 1.29 is 14.3 Å². The van der Waals surface area contributed by atoms with E-state index >= 15 is 0 Å². The lowest BCUT2D eigenvalue weighted by molar-refractivity contribution is -0.121. The molecule has 0 spiro atoms. The molecule has 0 saturated carbocycles. The molecule has 1 aromatic rings. The van der Waals surface area contributed by atoms with Crippen LogP contribution in [0.1, 0.15) is 51.2 Å². The van der Waals surface area contributed by atoms with Crippen LogP contribution < -0.4 is 20.7 Å². The maximum Gasteiger partial charge on any atom is 0.221 e. The third-order valence-corrected chi connectivity index (χ3v) is 4.39. The van der Waals surface area contributed by atoms with E-state index in [1.54, 1.807) is 7.11 Å². The topological polar surface area (TPSA) is 84.0 Å². The van der Waals surface area contributed by atoms with Crippen LogP contribution in [0, 0.1) is 6.92 Å². The number of rotatable bonds is 13. The van der Waals surface area contributed by atoms with Gasteiger partial charge in [0, 0.05) is 51.3 Å². The molecular formula is C22H38N4O3. The molecule has 1 amide bonds. The highest BCUT2D eigenvalue weighted by atomic mass is 16.5. The number of hydrogen-bond donors (Lipinski definition) is 3. The van der Waals surface area contributed by atoms with Gasteiger partial charge < -0.3 is 25.4 Å². The molecule has 1 atom stereocenters. The smallest absolute Gasteiger partial charge is 0.221 e. The largest absolute Gasteiger partial charge is 0.493 e. The Morgan fingerprint density at radius 2 is 2.00 bits per heavy atom. The van der Waals surface area contributed by atoms with Gasteiger partial charge in [-0.05, 0) is 38.8 Å². The Bertz CT molecular complexity index is 634. The number of nitrogens with zero attached hydrogens (tertiary/aromatic N) is 1. The van der Waals surface area contributed by atoms with Crippen LogP contribution in [0.2, 0.25) is 0 Å². The van der Waals surface area contributed by atoms with Crippen molar-refractivity contribution in [3.63, 3.8) is 0 Å². The van der Waals surface area contributed by atoms with E-state index in [1.807, 2.05) is 32.9 Å². The molecule has 1 unspecified atom stereocenters. The van der Waals surface area contributed by atoms with E-state index in [1.165, 1.54) is 0 Å². The summed E-state index contributed by atoms with van der Waals surface area (Å²) in [5.74, 6) is 1.59. The molecule has 0 aliphatic rings. The van der Waals surface area contributed by atoms with Gasteiger partial charge in [-0.2, -0.15) is 0 Å². The van der Waals surface area contributed by atoms with Crippen LogP contribution in [0.3, 0.4) is 0 Å². The number of nitrogens with one attached hydrogen (secondary N) is 3. The van der Waals surface area contributed by atoms with Gasteiger partial charge in [0.25, 0.3) is 0 Å². The van der Waals surface area contributed by atoms with E-state index in [-0.39, 0.29) is 11.9 Å². The Balaban J connectivity index is 2.64. The molecule has 0 radical (unpaired) electrons. The molecule has 7 nitrogen and oxygen atoms in total. The normalized spacial score (nSPS) is 12.4. The number of hydrogen-bond acceptors (Lipinski definition) is 4. The van der Waals surface area contributed by atoms with Crippen LogP contribution in [0.15, 0.2) is 23.2 Å². The van der Waals surface area contributed by atoms with E-state index in [9.17, 15) is 4.79 Å². The molecule has 0 aliphatic carbocycles. The summed E-state index contributed by atoms with van der Waals surface area (Å²) < 4.78 is 11.0. The first-order chi connectivity index (χ1) is 14.0. The SMILES string of the molecule is CCNC(=NCc1ccc(C)cc1OCCCOC)NCCC(=O)NC(C)CC. The predicted molar refractivity (Wildman–Crippen MR) is 118 cm³/mol. The number of amides is 1. The first kappa shape index (κ1) is 24.8. The van der Waals surface area contributed by atoms with Gasteiger partial charge in [0.15, 0.2) is 5.96 Å². The number of benzene rings is 1.